The van der Waals surface area contributed by atoms with Crippen molar-refractivity contribution >= 4 is 17.5 Å². The molecule has 0 radical (unpaired) electrons. The number of benzene rings is 1. The summed E-state index contributed by atoms with van der Waals surface area (Å²) in [4.78, 5) is 25.4. The highest BCUT2D eigenvalue weighted by Gasteiger charge is 2.19. The maximum Gasteiger partial charge on any atom is 0.253 e. The van der Waals surface area contributed by atoms with Crippen LogP contribution >= 0.6 is 0 Å². The highest BCUT2D eigenvalue weighted by Crippen LogP contribution is 2.18. The van der Waals surface area contributed by atoms with Gasteiger partial charge in [-0.1, -0.05) is 0 Å². The van der Waals surface area contributed by atoms with E-state index in [1.54, 1.807) is 4.90 Å². The van der Waals surface area contributed by atoms with Gasteiger partial charge in [-0.2, -0.15) is 0 Å². The summed E-state index contributed by atoms with van der Waals surface area (Å²) in [6.07, 6.45) is 2.03. The van der Waals surface area contributed by atoms with Crippen molar-refractivity contribution in [3.8, 4) is 5.75 Å². The second kappa shape index (κ2) is 5.60. The van der Waals surface area contributed by atoms with Gasteiger partial charge in [0.1, 0.15) is 5.75 Å². The topological polar surface area (TPSA) is 95.7 Å². The molecule has 1 aliphatic heterocycles. The summed E-state index contributed by atoms with van der Waals surface area (Å²) in [5, 5.41) is 11.8. The van der Waals surface area contributed by atoms with Crippen LogP contribution in [0.15, 0.2) is 18.2 Å². The number of aromatic hydroxyl groups is 1. The van der Waals surface area contributed by atoms with Crippen LogP contribution in [-0.2, 0) is 4.79 Å². The van der Waals surface area contributed by atoms with E-state index in [0.29, 0.717) is 0 Å². The van der Waals surface area contributed by atoms with Gasteiger partial charge in [-0.05, 0) is 31.0 Å². The first kappa shape index (κ1) is 13.2. The Bertz CT molecular complexity index is 496. The third kappa shape index (κ3) is 3.15. The number of nitrogens with one attached hydrogen (secondary N) is 1. The molecule has 1 aromatic rings. The standard InChI is InChI=1S/C13H17N3O3/c14-11-4-3-9(17)7-10(11)13(19)15-8-12(18)16-5-1-2-6-16/h3-4,7,17H,1-2,5-6,8,14H2,(H,15,19). The van der Waals surface area contributed by atoms with Gasteiger partial charge in [0.2, 0.25) is 5.91 Å². The predicted molar refractivity (Wildman–Crippen MR) is 70.7 cm³/mol. The van der Waals surface area contributed by atoms with Gasteiger partial charge >= 0.3 is 0 Å². The molecule has 0 unspecified atom stereocenters. The highest BCUT2D eigenvalue weighted by atomic mass is 16.3. The van der Waals surface area contributed by atoms with Crippen LogP contribution in [0.25, 0.3) is 0 Å². The highest BCUT2D eigenvalue weighted by molar-refractivity contribution is 6.01. The van der Waals surface area contributed by atoms with E-state index in [9.17, 15) is 14.7 Å². The summed E-state index contributed by atoms with van der Waals surface area (Å²) in [5.41, 5.74) is 6.09. The molecule has 102 valence electrons. The Hall–Kier alpha value is -2.24. The Morgan fingerprint density at radius 1 is 1.32 bits per heavy atom. The van der Waals surface area contributed by atoms with E-state index >= 15 is 0 Å². The Balaban J connectivity index is 1.93. The van der Waals surface area contributed by atoms with Crippen LogP contribution in [-0.4, -0.2) is 41.5 Å². The van der Waals surface area contributed by atoms with E-state index in [1.807, 2.05) is 0 Å². The number of rotatable bonds is 3. The van der Waals surface area contributed by atoms with Crippen molar-refractivity contribution in [2.24, 2.45) is 0 Å². The molecule has 0 bridgehead atoms. The van der Waals surface area contributed by atoms with Crippen LogP contribution in [0.4, 0.5) is 5.69 Å². The second-order valence-corrected chi connectivity index (χ2v) is 4.54. The third-order valence-electron chi connectivity index (χ3n) is 3.14. The van der Waals surface area contributed by atoms with Crippen molar-refractivity contribution in [2.75, 3.05) is 25.4 Å². The molecule has 0 aliphatic carbocycles. The van der Waals surface area contributed by atoms with E-state index < -0.39 is 5.91 Å². The van der Waals surface area contributed by atoms with Gasteiger partial charge in [-0.15, -0.1) is 0 Å². The quantitative estimate of drug-likeness (QED) is 0.541. The Labute approximate surface area is 111 Å². The molecule has 0 aromatic heterocycles. The SMILES string of the molecule is Nc1ccc(O)cc1C(=O)NCC(=O)N1CCCC1. The molecule has 0 spiro atoms. The lowest BCUT2D eigenvalue weighted by Gasteiger charge is -2.15. The largest absolute Gasteiger partial charge is 0.508 e. The number of hydrogen-bond acceptors (Lipinski definition) is 4. The van der Waals surface area contributed by atoms with Crippen LogP contribution in [0.5, 0.6) is 5.75 Å². The molecule has 0 atom stereocenters. The van der Waals surface area contributed by atoms with E-state index in [0.717, 1.165) is 25.9 Å². The number of nitrogen functional groups attached to an aromatic ring is 1. The van der Waals surface area contributed by atoms with Gasteiger partial charge in [0.05, 0.1) is 12.1 Å². The average molecular weight is 263 g/mol. The second-order valence-electron chi connectivity index (χ2n) is 4.54. The third-order valence-corrected chi connectivity index (χ3v) is 3.14. The van der Waals surface area contributed by atoms with Gasteiger partial charge in [0, 0.05) is 18.8 Å². The van der Waals surface area contributed by atoms with Crippen molar-refractivity contribution < 1.29 is 14.7 Å². The number of anilines is 1. The molecule has 19 heavy (non-hydrogen) atoms. The van der Waals surface area contributed by atoms with Crippen LogP contribution < -0.4 is 11.1 Å². The van der Waals surface area contributed by atoms with Gasteiger partial charge in [-0.25, -0.2) is 0 Å². The first-order valence-corrected chi connectivity index (χ1v) is 6.22. The van der Waals surface area contributed by atoms with Crippen molar-refractivity contribution in [3.05, 3.63) is 23.8 Å². The Morgan fingerprint density at radius 2 is 2.00 bits per heavy atom. The number of carbonyl (C=O) groups excluding carboxylic acids is 2. The molecule has 1 aromatic carbocycles. The lowest BCUT2D eigenvalue weighted by atomic mass is 10.1. The number of phenols is 1. The zero-order chi connectivity index (χ0) is 13.8. The summed E-state index contributed by atoms with van der Waals surface area (Å²) >= 11 is 0. The molecular weight excluding hydrogens is 246 g/mol. The van der Waals surface area contributed by atoms with Crippen LogP contribution in [0.2, 0.25) is 0 Å². The van der Waals surface area contributed by atoms with Gasteiger partial charge < -0.3 is 21.1 Å². The van der Waals surface area contributed by atoms with E-state index in [2.05, 4.69) is 5.32 Å². The average Bonchev–Trinajstić information content (AvgIpc) is 2.92. The number of nitrogens with zero attached hydrogens (tertiary/aromatic N) is 1. The maximum atomic E-state index is 11.9. The minimum atomic E-state index is -0.457. The van der Waals surface area contributed by atoms with Crippen LogP contribution in [0.1, 0.15) is 23.2 Å². The molecular formula is C13H17N3O3. The number of hydrogen-bond donors (Lipinski definition) is 3. The summed E-state index contributed by atoms with van der Waals surface area (Å²) in [6, 6.07) is 4.14. The fourth-order valence-corrected chi connectivity index (χ4v) is 2.07. The van der Waals surface area contributed by atoms with E-state index in [4.69, 9.17) is 5.73 Å². The number of phenolic OH excluding ortho intramolecular Hbond substituents is 1. The molecule has 1 saturated heterocycles. The van der Waals surface area contributed by atoms with Crippen molar-refractivity contribution in [1.82, 2.24) is 10.2 Å². The normalized spacial score (nSPS) is 14.4. The van der Waals surface area contributed by atoms with Crippen LogP contribution in [0.3, 0.4) is 0 Å². The lowest BCUT2D eigenvalue weighted by molar-refractivity contribution is -0.129. The summed E-state index contributed by atoms with van der Waals surface area (Å²) in [6.45, 7) is 1.46. The first-order chi connectivity index (χ1) is 9.08. The first-order valence-electron chi connectivity index (χ1n) is 6.22. The fourth-order valence-electron chi connectivity index (χ4n) is 2.07. The number of amides is 2. The summed E-state index contributed by atoms with van der Waals surface area (Å²) in [5.74, 6) is -0.587. The monoisotopic (exact) mass is 263 g/mol. The minimum absolute atomic E-state index is 0.0368. The van der Waals surface area contributed by atoms with E-state index in [-0.39, 0.29) is 29.5 Å². The Morgan fingerprint density at radius 3 is 2.68 bits per heavy atom. The van der Waals surface area contributed by atoms with Crippen molar-refractivity contribution in [1.29, 1.82) is 0 Å². The Kier molecular flexibility index (Phi) is 3.89. The van der Waals surface area contributed by atoms with Gasteiger partial charge in [-0.3, -0.25) is 9.59 Å². The zero-order valence-electron chi connectivity index (χ0n) is 10.6. The van der Waals surface area contributed by atoms with Gasteiger partial charge in [0.15, 0.2) is 0 Å². The summed E-state index contributed by atoms with van der Waals surface area (Å²) in [7, 11) is 0. The molecule has 1 aliphatic rings. The van der Waals surface area contributed by atoms with Crippen molar-refractivity contribution in [3.63, 3.8) is 0 Å². The summed E-state index contributed by atoms with van der Waals surface area (Å²) < 4.78 is 0. The number of nitrogens with two attached hydrogens (primary N) is 1. The molecule has 1 fully saturated rings. The maximum absolute atomic E-state index is 11.9. The van der Waals surface area contributed by atoms with Crippen LogP contribution in [0, 0.1) is 0 Å². The molecule has 0 saturated carbocycles. The minimum Gasteiger partial charge on any atom is -0.508 e. The van der Waals surface area contributed by atoms with E-state index in [1.165, 1.54) is 18.2 Å². The lowest BCUT2D eigenvalue weighted by Crippen LogP contribution is -2.38. The fraction of sp³-hybridized carbons (Fsp3) is 0.385. The molecule has 2 amide bonds. The smallest absolute Gasteiger partial charge is 0.253 e. The molecule has 2 rings (SSSR count). The predicted octanol–water partition coefficient (Wildman–Crippen LogP) is 0.327. The number of carbonyl (C=O) groups is 2. The molecule has 4 N–H and O–H groups in total. The molecule has 1 heterocycles. The number of likely N-dealkylation sites (tertiary alicyclic amines) is 1. The molecule has 6 heteroatoms. The van der Waals surface area contributed by atoms with Crippen molar-refractivity contribution in [2.45, 2.75) is 12.8 Å². The zero-order valence-corrected chi connectivity index (χ0v) is 10.6. The molecule has 6 nitrogen and oxygen atoms in total. The van der Waals surface area contributed by atoms with Gasteiger partial charge in [0.25, 0.3) is 5.91 Å².